The molecule has 0 N–H and O–H groups in total. The van der Waals surface area contributed by atoms with E-state index in [1.807, 2.05) is 0 Å². The molecule has 3 fully saturated rings. The van der Waals surface area contributed by atoms with Gasteiger partial charge in [-0.1, -0.05) is 12.1 Å². The highest BCUT2D eigenvalue weighted by molar-refractivity contribution is 7.92. The lowest BCUT2D eigenvalue weighted by Crippen LogP contribution is -2.13. The summed E-state index contributed by atoms with van der Waals surface area (Å²) in [6.45, 7) is 1.88. The van der Waals surface area contributed by atoms with E-state index < -0.39 is 27.6 Å². The van der Waals surface area contributed by atoms with E-state index in [-0.39, 0.29) is 36.2 Å². The summed E-state index contributed by atoms with van der Waals surface area (Å²) in [5.41, 5.74) is 1.56. The van der Waals surface area contributed by atoms with Gasteiger partial charge in [0.15, 0.2) is 9.84 Å². The summed E-state index contributed by atoms with van der Waals surface area (Å²) in [4.78, 5) is 13.0. The number of hydrogen-bond acceptors (Lipinski definition) is 4. The van der Waals surface area contributed by atoms with Crippen LogP contribution in [0.25, 0.3) is 5.57 Å². The topological polar surface area (TPSA) is 60.4 Å². The van der Waals surface area contributed by atoms with E-state index in [1.165, 1.54) is 0 Å². The van der Waals surface area contributed by atoms with E-state index >= 15 is 0 Å². The van der Waals surface area contributed by atoms with E-state index in [2.05, 4.69) is 0 Å². The number of benzene rings is 1. The van der Waals surface area contributed by atoms with Crippen molar-refractivity contribution in [3.8, 4) is 0 Å². The van der Waals surface area contributed by atoms with E-state index in [4.69, 9.17) is 4.74 Å². The lowest BCUT2D eigenvalue weighted by Gasteiger charge is -2.15. The molecule has 158 valence electrons. The monoisotopic (exact) mass is 424 g/mol. The number of alkyl halides is 2. The first-order valence-corrected chi connectivity index (χ1v) is 11.9. The van der Waals surface area contributed by atoms with Crippen molar-refractivity contribution in [1.82, 2.24) is 0 Å². The summed E-state index contributed by atoms with van der Waals surface area (Å²) < 4.78 is 58.1. The summed E-state index contributed by atoms with van der Waals surface area (Å²) in [6, 6.07) is 4.98. The third-order valence-electron chi connectivity index (χ3n) is 5.95. The van der Waals surface area contributed by atoms with Crippen LogP contribution in [0.15, 0.2) is 29.2 Å². The predicted molar refractivity (Wildman–Crippen MR) is 106 cm³/mol. The largest absolute Gasteiger partial charge is 0.462 e. The van der Waals surface area contributed by atoms with Gasteiger partial charge in [-0.2, -0.15) is 0 Å². The van der Waals surface area contributed by atoms with Gasteiger partial charge in [-0.3, -0.25) is 0 Å². The van der Waals surface area contributed by atoms with Gasteiger partial charge < -0.3 is 4.74 Å². The lowest BCUT2D eigenvalue weighted by atomic mass is 9.96. The van der Waals surface area contributed by atoms with Gasteiger partial charge in [-0.15, -0.1) is 0 Å². The molecule has 1 aromatic rings. The molecule has 0 amide bonds. The smallest absolute Gasteiger partial charge is 0.338 e. The van der Waals surface area contributed by atoms with E-state index in [0.717, 1.165) is 18.4 Å². The number of ether oxygens (including phenoxy) is 1. The van der Waals surface area contributed by atoms with Crippen molar-refractivity contribution < 1.29 is 26.7 Å². The molecular formula is C22H26F2O4S. The van der Waals surface area contributed by atoms with Crippen LogP contribution in [0.3, 0.4) is 0 Å². The first-order valence-electron chi connectivity index (χ1n) is 10.4. The maximum Gasteiger partial charge on any atom is 0.338 e. The molecule has 4 nitrogen and oxygen atoms in total. The Kier molecular flexibility index (Phi) is 5.30. The SMILES string of the molecule is CCOC(=O)/C(=C\[C@H]1CCC(F)(F)C1)c1ccc(S(=O)(=O)C2CC2)c(C2CC2)c1. The molecule has 3 aliphatic rings. The van der Waals surface area contributed by atoms with Crippen LogP contribution < -0.4 is 0 Å². The second kappa shape index (κ2) is 7.49. The van der Waals surface area contributed by atoms with Crippen molar-refractivity contribution in [2.45, 2.75) is 73.9 Å². The zero-order valence-corrected chi connectivity index (χ0v) is 17.3. The Morgan fingerprint density at radius 1 is 1.21 bits per heavy atom. The summed E-state index contributed by atoms with van der Waals surface area (Å²) in [5, 5.41) is -0.299. The van der Waals surface area contributed by atoms with Gasteiger partial charge in [0.05, 0.1) is 22.3 Å². The minimum absolute atomic E-state index is 0.178. The average Bonchev–Trinajstić information content (AvgIpc) is 3.55. The van der Waals surface area contributed by atoms with Crippen molar-refractivity contribution in [3.63, 3.8) is 0 Å². The van der Waals surface area contributed by atoms with E-state index in [1.54, 1.807) is 31.2 Å². The molecule has 4 rings (SSSR count). The molecule has 0 unspecified atom stereocenters. The highest BCUT2D eigenvalue weighted by atomic mass is 32.2. The van der Waals surface area contributed by atoms with Crippen molar-refractivity contribution in [3.05, 3.63) is 35.4 Å². The number of rotatable bonds is 7. The van der Waals surface area contributed by atoms with Gasteiger partial charge >= 0.3 is 5.97 Å². The predicted octanol–water partition coefficient (Wildman–Crippen LogP) is 4.88. The number of allylic oxidation sites excluding steroid dienone is 1. The number of halogens is 2. The maximum atomic E-state index is 13.6. The van der Waals surface area contributed by atoms with Gasteiger partial charge in [0.2, 0.25) is 5.92 Å². The Labute approximate surface area is 170 Å². The highest BCUT2D eigenvalue weighted by Gasteiger charge is 2.41. The summed E-state index contributed by atoms with van der Waals surface area (Å²) in [6.07, 6.45) is 4.68. The summed E-state index contributed by atoms with van der Waals surface area (Å²) in [7, 11) is -3.35. The van der Waals surface area contributed by atoms with Crippen LogP contribution in [0.1, 0.15) is 68.9 Å². The molecule has 0 radical (unpaired) electrons. The Morgan fingerprint density at radius 2 is 1.93 bits per heavy atom. The number of carbonyl (C=O) groups excluding carboxylic acids is 1. The van der Waals surface area contributed by atoms with Crippen LogP contribution in [0.4, 0.5) is 8.78 Å². The molecule has 3 aliphatic carbocycles. The zero-order chi connectivity index (χ0) is 20.8. The first kappa shape index (κ1) is 20.5. The number of esters is 1. The maximum absolute atomic E-state index is 13.6. The molecule has 0 heterocycles. The molecule has 0 saturated heterocycles. The van der Waals surface area contributed by atoms with Crippen LogP contribution in [-0.2, 0) is 19.4 Å². The third-order valence-corrected chi connectivity index (χ3v) is 8.28. The molecular weight excluding hydrogens is 398 g/mol. The lowest BCUT2D eigenvalue weighted by molar-refractivity contribution is -0.136. The minimum atomic E-state index is -3.35. The normalized spacial score (nSPS) is 24.5. The average molecular weight is 425 g/mol. The second-order valence-electron chi connectivity index (χ2n) is 8.43. The fourth-order valence-corrected chi connectivity index (χ4v) is 6.03. The Hall–Kier alpha value is -1.76. The Balaban J connectivity index is 1.73. The number of sulfone groups is 1. The number of hydrogen-bond donors (Lipinski definition) is 0. The van der Waals surface area contributed by atoms with Gasteiger partial charge in [0, 0.05) is 12.8 Å². The van der Waals surface area contributed by atoms with Crippen molar-refractivity contribution in [2.75, 3.05) is 6.61 Å². The molecule has 1 atom stereocenters. The summed E-state index contributed by atoms with van der Waals surface area (Å²) in [5.74, 6) is -3.48. The van der Waals surface area contributed by atoms with Crippen LogP contribution in [-0.4, -0.2) is 32.2 Å². The molecule has 1 aromatic carbocycles. The van der Waals surface area contributed by atoms with Gasteiger partial charge in [-0.25, -0.2) is 22.0 Å². The van der Waals surface area contributed by atoms with Gasteiger partial charge in [0.1, 0.15) is 0 Å². The fourth-order valence-electron chi connectivity index (χ4n) is 4.10. The van der Waals surface area contributed by atoms with Crippen molar-refractivity contribution in [2.24, 2.45) is 5.92 Å². The fraction of sp³-hybridized carbons (Fsp3) is 0.591. The van der Waals surface area contributed by atoms with Gasteiger partial charge in [-0.05, 0) is 74.1 Å². The van der Waals surface area contributed by atoms with Crippen LogP contribution in [0.5, 0.6) is 0 Å². The molecule has 3 saturated carbocycles. The molecule has 0 aromatic heterocycles. The summed E-state index contributed by atoms with van der Waals surface area (Å²) >= 11 is 0. The van der Waals surface area contributed by atoms with Crippen LogP contribution >= 0.6 is 0 Å². The molecule has 0 bridgehead atoms. The molecule has 29 heavy (non-hydrogen) atoms. The van der Waals surface area contributed by atoms with Crippen molar-refractivity contribution >= 4 is 21.4 Å². The first-order chi connectivity index (χ1) is 13.7. The van der Waals surface area contributed by atoms with E-state index in [9.17, 15) is 22.0 Å². The zero-order valence-electron chi connectivity index (χ0n) is 16.5. The van der Waals surface area contributed by atoms with Crippen LogP contribution in [0.2, 0.25) is 0 Å². The Morgan fingerprint density at radius 3 is 2.48 bits per heavy atom. The standard InChI is InChI=1S/C22H26F2O4S/c1-2-28-21(25)19(11-14-9-10-22(23,24)13-14)16-5-8-20(18(12-16)15-3-4-15)29(26,27)17-6-7-17/h5,8,11-12,14-15,17H,2-4,6-7,9-10,13H2,1H3/b19-11-/t14-/m1/s1. The Bertz CT molecular complexity index is 944. The quantitative estimate of drug-likeness (QED) is 0.462. The minimum Gasteiger partial charge on any atom is -0.462 e. The molecule has 0 spiro atoms. The highest BCUT2D eigenvalue weighted by Crippen LogP contribution is 2.47. The third kappa shape index (κ3) is 4.39. The van der Waals surface area contributed by atoms with E-state index in [0.29, 0.717) is 29.7 Å². The van der Waals surface area contributed by atoms with Gasteiger partial charge in [0.25, 0.3) is 0 Å². The second-order valence-corrected chi connectivity index (χ2v) is 10.6. The number of carbonyl (C=O) groups is 1. The van der Waals surface area contributed by atoms with Crippen LogP contribution in [0, 0.1) is 5.92 Å². The molecule has 0 aliphatic heterocycles. The molecule has 7 heteroatoms. The van der Waals surface area contributed by atoms with Crippen molar-refractivity contribution in [1.29, 1.82) is 0 Å².